The summed E-state index contributed by atoms with van der Waals surface area (Å²) in [6, 6.07) is 11.9. The molecule has 1 aliphatic heterocycles. The zero-order valence-electron chi connectivity index (χ0n) is 16.2. The zero-order chi connectivity index (χ0) is 19.7. The Labute approximate surface area is 169 Å². The Morgan fingerprint density at radius 1 is 1.03 bits per heavy atom. The Hall–Kier alpha value is -2.95. The molecule has 5 heteroatoms. The standard InChI is InChI=1S/C24H22N2O3/c1-2-29-20-10-7-13-5-3-4-6-14(13)19(20)12-25-26-23(27)21-15-8-9-16(18-11-17(15)18)22(21)24(26)28/h3-10,12,15-18,21-22H,2,11H2,1H3/b25-12+/t15-,16-,17-,18-,21+,22+/m1/s1. The van der Waals surface area contributed by atoms with Gasteiger partial charge in [0.05, 0.1) is 24.7 Å². The van der Waals surface area contributed by atoms with Gasteiger partial charge in [0, 0.05) is 5.56 Å². The highest BCUT2D eigenvalue weighted by Gasteiger charge is 2.67. The number of carbonyl (C=O) groups excluding carboxylic acids is 2. The molecule has 7 rings (SSSR count). The van der Waals surface area contributed by atoms with E-state index in [1.165, 1.54) is 0 Å². The van der Waals surface area contributed by atoms with Crippen molar-refractivity contribution in [3.63, 3.8) is 0 Å². The summed E-state index contributed by atoms with van der Waals surface area (Å²) in [6.07, 6.45) is 7.13. The smallest absolute Gasteiger partial charge is 0.254 e. The van der Waals surface area contributed by atoms with Crippen molar-refractivity contribution < 1.29 is 14.3 Å². The molecule has 4 aliphatic carbocycles. The van der Waals surface area contributed by atoms with Gasteiger partial charge in [-0.2, -0.15) is 10.1 Å². The third kappa shape index (κ3) is 2.30. The van der Waals surface area contributed by atoms with Gasteiger partial charge in [0.15, 0.2) is 0 Å². The van der Waals surface area contributed by atoms with Gasteiger partial charge in [-0.15, -0.1) is 0 Å². The molecular formula is C24H22N2O3. The van der Waals surface area contributed by atoms with E-state index in [2.05, 4.69) is 17.3 Å². The molecule has 146 valence electrons. The summed E-state index contributed by atoms with van der Waals surface area (Å²) in [6.45, 7) is 2.46. The lowest BCUT2D eigenvalue weighted by Crippen LogP contribution is -2.40. The quantitative estimate of drug-likeness (QED) is 0.458. The predicted octanol–water partition coefficient (Wildman–Crippen LogP) is 3.63. The second-order valence-corrected chi connectivity index (χ2v) is 8.52. The molecule has 0 spiro atoms. The molecule has 1 saturated heterocycles. The molecule has 2 amide bonds. The monoisotopic (exact) mass is 386 g/mol. The molecule has 0 radical (unpaired) electrons. The maximum Gasteiger partial charge on any atom is 0.254 e. The van der Waals surface area contributed by atoms with Crippen LogP contribution in [0, 0.1) is 35.5 Å². The Morgan fingerprint density at radius 2 is 1.72 bits per heavy atom. The lowest BCUT2D eigenvalue weighted by atomic mass is 9.63. The maximum absolute atomic E-state index is 13.1. The fraction of sp³-hybridized carbons (Fsp3) is 0.375. The minimum absolute atomic E-state index is 0.140. The average Bonchev–Trinajstić information content (AvgIpc) is 3.53. The molecule has 0 aromatic heterocycles. The predicted molar refractivity (Wildman–Crippen MR) is 109 cm³/mol. The number of ether oxygens (including phenoxy) is 1. The van der Waals surface area contributed by atoms with Gasteiger partial charge >= 0.3 is 0 Å². The SMILES string of the molecule is CCOc1ccc2ccccc2c1/C=N/N1C(=O)[C@H]2[C@@H]3C=C[C@H]([C@H]4C[C@H]34)[C@@H]2C1=O. The molecular weight excluding hydrogens is 364 g/mol. The van der Waals surface area contributed by atoms with E-state index in [1.54, 1.807) is 6.21 Å². The number of amides is 2. The van der Waals surface area contributed by atoms with Crippen LogP contribution in [0.15, 0.2) is 53.7 Å². The molecule has 2 bridgehead atoms. The molecule has 6 atom stereocenters. The number of fused-ring (bicyclic) bond motifs is 1. The fourth-order valence-electron chi connectivity index (χ4n) is 5.86. The summed E-state index contributed by atoms with van der Waals surface area (Å²) in [4.78, 5) is 26.3. The van der Waals surface area contributed by atoms with E-state index in [9.17, 15) is 9.59 Å². The maximum atomic E-state index is 13.1. The first-order valence-electron chi connectivity index (χ1n) is 10.4. The van der Waals surface area contributed by atoms with Gasteiger partial charge in [-0.3, -0.25) is 9.59 Å². The van der Waals surface area contributed by atoms with Gasteiger partial charge in [0.2, 0.25) is 0 Å². The molecule has 1 heterocycles. The number of allylic oxidation sites excluding steroid dienone is 2. The average molecular weight is 386 g/mol. The van der Waals surface area contributed by atoms with Gasteiger partial charge in [0.25, 0.3) is 11.8 Å². The minimum Gasteiger partial charge on any atom is -0.493 e. The van der Waals surface area contributed by atoms with Crippen LogP contribution in [-0.2, 0) is 9.59 Å². The van der Waals surface area contributed by atoms with E-state index in [0.717, 1.165) is 27.8 Å². The Balaban J connectivity index is 1.38. The van der Waals surface area contributed by atoms with Crippen molar-refractivity contribution in [3.8, 4) is 5.75 Å². The second-order valence-electron chi connectivity index (χ2n) is 8.52. The van der Waals surface area contributed by atoms with E-state index in [4.69, 9.17) is 4.74 Å². The lowest BCUT2D eigenvalue weighted by molar-refractivity contribution is -0.140. The number of hydrazone groups is 1. The van der Waals surface area contributed by atoms with Crippen molar-refractivity contribution in [2.75, 3.05) is 6.61 Å². The van der Waals surface area contributed by atoms with Crippen molar-refractivity contribution in [1.82, 2.24) is 5.01 Å². The number of nitrogens with zero attached hydrogens (tertiary/aromatic N) is 2. The van der Waals surface area contributed by atoms with Crippen molar-refractivity contribution >= 4 is 28.8 Å². The third-order valence-electron chi connectivity index (χ3n) is 7.17. The largest absolute Gasteiger partial charge is 0.493 e. The summed E-state index contributed by atoms with van der Waals surface area (Å²) in [7, 11) is 0. The van der Waals surface area contributed by atoms with Crippen molar-refractivity contribution in [3.05, 3.63) is 54.1 Å². The highest BCUT2D eigenvalue weighted by molar-refractivity contribution is 6.08. The topological polar surface area (TPSA) is 59.0 Å². The Kier molecular flexibility index (Phi) is 3.52. The van der Waals surface area contributed by atoms with E-state index in [1.807, 2.05) is 43.3 Å². The molecule has 2 saturated carbocycles. The molecule has 5 nitrogen and oxygen atoms in total. The van der Waals surface area contributed by atoms with E-state index in [0.29, 0.717) is 24.2 Å². The highest BCUT2D eigenvalue weighted by Crippen LogP contribution is 2.65. The molecule has 29 heavy (non-hydrogen) atoms. The molecule has 2 aromatic rings. The number of imide groups is 1. The van der Waals surface area contributed by atoms with Gasteiger partial charge < -0.3 is 4.74 Å². The summed E-state index contributed by atoms with van der Waals surface area (Å²) in [5, 5.41) is 7.59. The van der Waals surface area contributed by atoms with Crippen LogP contribution < -0.4 is 4.74 Å². The van der Waals surface area contributed by atoms with Crippen LogP contribution in [0.25, 0.3) is 10.8 Å². The highest BCUT2D eigenvalue weighted by atomic mass is 16.5. The van der Waals surface area contributed by atoms with Crippen LogP contribution in [0.2, 0.25) is 0 Å². The van der Waals surface area contributed by atoms with Gasteiger partial charge in [-0.25, -0.2) is 0 Å². The van der Waals surface area contributed by atoms with Crippen LogP contribution in [-0.4, -0.2) is 29.6 Å². The number of hydrogen-bond acceptors (Lipinski definition) is 4. The molecule has 2 aromatic carbocycles. The number of hydrogen-bond donors (Lipinski definition) is 0. The molecule has 0 unspecified atom stereocenters. The summed E-state index contributed by atoms with van der Waals surface area (Å²) in [5.41, 5.74) is 0.796. The second kappa shape index (κ2) is 6.02. The molecule has 0 N–H and O–H groups in total. The van der Waals surface area contributed by atoms with Gasteiger partial charge in [0.1, 0.15) is 5.75 Å². The van der Waals surface area contributed by atoms with Crippen LogP contribution in [0.1, 0.15) is 18.9 Å². The molecule has 3 fully saturated rings. The van der Waals surface area contributed by atoms with E-state index >= 15 is 0 Å². The van der Waals surface area contributed by atoms with Crippen LogP contribution in [0.3, 0.4) is 0 Å². The van der Waals surface area contributed by atoms with Crippen molar-refractivity contribution in [2.45, 2.75) is 13.3 Å². The van der Waals surface area contributed by atoms with Crippen molar-refractivity contribution in [2.24, 2.45) is 40.6 Å². The Morgan fingerprint density at radius 3 is 2.41 bits per heavy atom. The summed E-state index contributed by atoms with van der Waals surface area (Å²) in [5.74, 6) is 1.58. The number of rotatable bonds is 4. The summed E-state index contributed by atoms with van der Waals surface area (Å²) < 4.78 is 5.78. The van der Waals surface area contributed by atoms with E-state index < -0.39 is 0 Å². The van der Waals surface area contributed by atoms with Gasteiger partial charge in [-0.05, 0) is 53.9 Å². The van der Waals surface area contributed by atoms with Crippen LogP contribution in [0.5, 0.6) is 5.75 Å². The fourth-order valence-corrected chi connectivity index (χ4v) is 5.86. The first kappa shape index (κ1) is 17.0. The van der Waals surface area contributed by atoms with Crippen LogP contribution >= 0.6 is 0 Å². The normalized spacial score (nSPS) is 34.2. The zero-order valence-corrected chi connectivity index (χ0v) is 16.2. The van der Waals surface area contributed by atoms with E-state index in [-0.39, 0.29) is 35.5 Å². The van der Waals surface area contributed by atoms with Gasteiger partial charge in [-0.1, -0.05) is 42.5 Å². The molecule has 5 aliphatic rings. The Bertz CT molecular complexity index is 1070. The minimum atomic E-state index is -0.225. The summed E-state index contributed by atoms with van der Waals surface area (Å²) >= 11 is 0. The van der Waals surface area contributed by atoms with Crippen molar-refractivity contribution in [1.29, 1.82) is 0 Å². The lowest BCUT2D eigenvalue weighted by Gasteiger charge is -2.37. The third-order valence-corrected chi connectivity index (χ3v) is 7.17. The first-order valence-corrected chi connectivity index (χ1v) is 10.4. The van der Waals surface area contributed by atoms with Crippen LogP contribution in [0.4, 0.5) is 0 Å². The number of benzene rings is 2. The first-order chi connectivity index (χ1) is 14.2. The number of carbonyl (C=O) groups is 2.